The molecule has 2 aliphatic rings. The molecule has 1 atom stereocenters. The molecular weight excluding hydrogens is 329 g/mol. The van der Waals surface area contributed by atoms with E-state index in [1.807, 2.05) is 0 Å². The van der Waals surface area contributed by atoms with E-state index < -0.39 is 28.8 Å². The van der Waals surface area contributed by atoms with E-state index in [1.165, 1.54) is 6.20 Å². The Morgan fingerprint density at radius 2 is 2.08 bits per heavy atom. The van der Waals surface area contributed by atoms with Crippen LogP contribution in [-0.4, -0.2) is 27.6 Å². The van der Waals surface area contributed by atoms with Crippen molar-refractivity contribution < 1.29 is 19.1 Å². The van der Waals surface area contributed by atoms with Gasteiger partial charge in [0.05, 0.1) is 22.3 Å². The van der Waals surface area contributed by atoms with E-state index >= 15 is 0 Å². The number of hydrogen-bond acceptors (Lipinski definition) is 4. The van der Waals surface area contributed by atoms with Crippen molar-refractivity contribution in [2.45, 2.75) is 38.3 Å². The number of carbonyl (C=O) groups excluding carboxylic acids is 1. The lowest BCUT2D eigenvalue weighted by atomic mass is 10.0. The Morgan fingerprint density at radius 3 is 2.68 bits per heavy atom. The van der Waals surface area contributed by atoms with Crippen LogP contribution in [0.2, 0.25) is 0 Å². The maximum atomic E-state index is 14.6. The van der Waals surface area contributed by atoms with Gasteiger partial charge in [0, 0.05) is 12.2 Å². The van der Waals surface area contributed by atoms with Crippen LogP contribution in [0.4, 0.5) is 15.8 Å². The molecule has 0 spiro atoms. The van der Waals surface area contributed by atoms with Gasteiger partial charge in [-0.1, -0.05) is 6.92 Å². The fourth-order valence-corrected chi connectivity index (χ4v) is 3.28. The lowest BCUT2D eigenvalue weighted by molar-refractivity contribution is -0.117. The largest absolute Gasteiger partial charge is 0.477 e. The Labute approximate surface area is 141 Å². The van der Waals surface area contributed by atoms with Crippen molar-refractivity contribution in [2.75, 3.05) is 10.6 Å². The molecule has 2 heterocycles. The number of aromatic carboxylic acids is 1. The van der Waals surface area contributed by atoms with Crippen molar-refractivity contribution in [3.8, 4) is 0 Å². The van der Waals surface area contributed by atoms with Gasteiger partial charge in [0.15, 0.2) is 0 Å². The second-order valence-electron chi connectivity index (χ2n) is 6.41. The summed E-state index contributed by atoms with van der Waals surface area (Å²) < 4.78 is 16.3. The van der Waals surface area contributed by atoms with Gasteiger partial charge < -0.3 is 20.3 Å². The molecule has 1 unspecified atom stereocenters. The summed E-state index contributed by atoms with van der Waals surface area (Å²) in [6, 6.07) is 0.536. The van der Waals surface area contributed by atoms with Gasteiger partial charge in [-0.25, -0.2) is 9.18 Å². The van der Waals surface area contributed by atoms with Gasteiger partial charge >= 0.3 is 5.97 Å². The van der Waals surface area contributed by atoms with Crippen LogP contribution in [0, 0.1) is 5.82 Å². The minimum absolute atomic E-state index is 0.0385. The number of pyridine rings is 1. The van der Waals surface area contributed by atoms with E-state index in [9.17, 15) is 23.9 Å². The van der Waals surface area contributed by atoms with Crippen molar-refractivity contribution in [3.63, 3.8) is 0 Å². The third-order valence-electron chi connectivity index (χ3n) is 4.73. The SMILES string of the molecule is CCC1Nc2c(F)cc3c(=O)c(C(=O)O)cn(C4CC4)c3c2NC1=O. The number of nitrogens with zero attached hydrogens (tertiary/aromatic N) is 1. The predicted octanol–water partition coefficient (Wildman–Crippen LogP) is 2.32. The standard InChI is InChI=1S/C17H16FN3O4/c1-2-11-16(23)20-13-12(19-11)10(18)5-8-14(13)21(7-3-4-7)6-9(15(8)22)17(24)25/h5-7,11,19H,2-4H2,1H3,(H,20,23)(H,24,25). The van der Waals surface area contributed by atoms with Gasteiger partial charge in [-0.3, -0.25) is 9.59 Å². The zero-order valence-electron chi connectivity index (χ0n) is 13.4. The molecule has 130 valence electrons. The van der Waals surface area contributed by atoms with Crippen LogP contribution < -0.4 is 16.1 Å². The number of amides is 1. The van der Waals surface area contributed by atoms with E-state index in [0.717, 1.165) is 18.9 Å². The first kappa shape index (κ1) is 15.6. The van der Waals surface area contributed by atoms with Gasteiger partial charge in [0.2, 0.25) is 11.3 Å². The Hall–Kier alpha value is -2.90. The van der Waals surface area contributed by atoms with Crippen molar-refractivity contribution in [1.29, 1.82) is 0 Å². The van der Waals surface area contributed by atoms with E-state index in [4.69, 9.17) is 0 Å². The molecule has 1 fully saturated rings. The summed E-state index contributed by atoms with van der Waals surface area (Å²) in [5, 5.41) is 14.8. The lowest BCUT2D eigenvalue weighted by Crippen LogP contribution is -2.39. The number of halogens is 1. The summed E-state index contributed by atoms with van der Waals surface area (Å²) in [6.07, 6.45) is 3.45. The number of nitrogens with one attached hydrogen (secondary N) is 2. The summed E-state index contributed by atoms with van der Waals surface area (Å²) in [5.41, 5.74) is -0.459. The lowest BCUT2D eigenvalue weighted by Gasteiger charge is -2.28. The summed E-state index contributed by atoms with van der Waals surface area (Å²) in [6.45, 7) is 1.81. The van der Waals surface area contributed by atoms with Crippen LogP contribution in [-0.2, 0) is 4.79 Å². The minimum atomic E-state index is -1.35. The molecule has 0 saturated heterocycles. The summed E-state index contributed by atoms with van der Waals surface area (Å²) in [5.74, 6) is -2.35. The number of rotatable bonds is 3. The highest BCUT2D eigenvalue weighted by atomic mass is 19.1. The first-order valence-corrected chi connectivity index (χ1v) is 8.14. The van der Waals surface area contributed by atoms with Crippen molar-refractivity contribution in [2.24, 2.45) is 0 Å². The molecule has 4 rings (SSSR count). The Bertz CT molecular complexity index is 994. The fraction of sp³-hybridized carbons (Fsp3) is 0.353. The van der Waals surface area contributed by atoms with Gasteiger partial charge in [0.25, 0.3) is 0 Å². The van der Waals surface area contributed by atoms with Gasteiger partial charge in [-0.15, -0.1) is 0 Å². The highest BCUT2D eigenvalue weighted by Crippen LogP contribution is 2.42. The number of carboxylic acids is 1. The third-order valence-corrected chi connectivity index (χ3v) is 4.73. The highest BCUT2D eigenvalue weighted by Gasteiger charge is 2.33. The van der Waals surface area contributed by atoms with Gasteiger partial charge in [-0.2, -0.15) is 0 Å². The molecule has 1 aromatic heterocycles. The van der Waals surface area contributed by atoms with Gasteiger partial charge in [0.1, 0.15) is 17.4 Å². The number of carbonyl (C=O) groups is 2. The smallest absolute Gasteiger partial charge is 0.341 e. The molecule has 1 saturated carbocycles. The molecule has 1 aliphatic carbocycles. The maximum absolute atomic E-state index is 14.6. The second kappa shape index (κ2) is 5.30. The van der Waals surface area contributed by atoms with E-state index in [1.54, 1.807) is 11.5 Å². The van der Waals surface area contributed by atoms with Crippen LogP contribution in [0.5, 0.6) is 0 Å². The van der Waals surface area contributed by atoms with Crippen LogP contribution in [0.15, 0.2) is 17.1 Å². The fourth-order valence-electron chi connectivity index (χ4n) is 3.28. The van der Waals surface area contributed by atoms with E-state index in [-0.39, 0.29) is 28.7 Å². The number of anilines is 2. The van der Waals surface area contributed by atoms with Crippen LogP contribution in [0.1, 0.15) is 42.6 Å². The van der Waals surface area contributed by atoms with E-state index in [0.29, 0.717) is 11.9 Å². The topological polar surface area (TPSA) is 100 Å². The quantitative estimate of drug-likeness (QED) is 0.793. The summed E-state index contributed by atoms with van der Waals surface area (Å²) in [7, 11) is 0. The molecule has 8 heteroatoms. The normalized spacial score (nSPS) is 19.3. The van der Waals surface area contributed by atoms with Crippen molar-refractivity contribution >= 4 is 34.2 Å². The molecule has 25 heavy (non-hydrogen) atoms. The molecule has 1 amide bonds. The molecule has 0 radical (unpaired) electrons. The van der Waals surface area contributed by atoms with Gasteiger partial charge in [-0.05, 0) is 25.3 Å². The highest BCUT2D eigenvalue weighted by molar-refractivity contribution is 6.11. The van der Waals surface area contributed by atoms with Crippen LogP contribution >= 0.6 is 0 Å². The first-order valence-electron chi connectivity index (χ1n) is 8.14. The Balaban J connectivity index is 2.09. The molecule has 3 N–H and O–H groups in total. The Morgan fingerprint density at radius 1 is 1.36 bits per heavy atom. The second-order valence-corrected chi connectivity index (χ2v) is 6.41. The average molecular weight is 345 g/mol. The zero-order valence-corrected chi connectivity index (χ0v) is 13.4. The molecule has 7 nitrogen and oxygen atoms in total. The number of fused-ring (bicyclic) bond motifs is 3. The van der Waals surface area contributed by atoms with E-state index in [2.05, 4.69) is 10.6 Å². The van der Waals surface area contributed by atoms with Crippen LogP contribution in [0.3, 0.4) is 0 Å². The maximum Gasteiger partial charge on any atom is 0.341 e. The molecule has 0 bridgehead atoms. The molecule has 1 aromatic carbocycles. The summed E-state index contributed by atoms with van der Waals surface area (Å²) >= 11 is 0. The third kappa shape index (κ3) is 2.28. The molecule has 1 aliphatic heterocycles. The van der Waals surface area contributed by atoms with Crippen molar-refractivity contribution in [1.82, 2.24) is 4.57 Å². The number of benzene rings is 1. The minimum Gasteiger partial charge on any atom is -0.477 e. The summed E-state index contributed by atoms with van der Waals surface area (Å²) in [4.78, 5) is 36.1. The Kier molecular flexibility index (Phi) is 3.31. The molecular formula is C17H16FN3O4. The molecule has 2 aromatic rings. The number of aromatic nitrogens is 1. The average Bonchev–Trinajstić information content (AvgIpc) is 3.40. The van der Waals surface area contributed by atoms with Crippen molar-refractivity contribution in [3.05, 3.63) is 33.9 Å². The number of hydrogen-bond donors (Lipinski definition) is 3. The monoisotopic (exact) mass is 345 g/mol. The first-order chi connectivity index (χ1) is 11.9. The zero-order chi connectivity index (χ0) is 17.9. The number of carboxylic acid groups (broad SMARTS) is 1. The van der Waals surface area contributed by atoms with Crippen LogP contribution in [0.25, 0.3) is 10.9 Å². The predicted molar refractivity (Wildman–Crippen MR) is 89.7 cm³/mol.